The predicted molar refractivity (Wildman–Crippen MR) is 68.1 cm³/mol. The molecule has 7 nitrogen and oxygen atoms in total. The number of nitrogens with two attached hydrogens (primary N) is 2. The average Bonchev–Trinajstić information content (AvgIpc) is 2.14. The third-order valence-corrected chi connectivity index (χ3v) is 4.97. The molecule has 0 amide bonds. The highest BCUT2D eigenvalue weighted by Crippen LogP contribution is 2.29. The van der Waals surface area contributed by atoms with Gasteiger partial charge in [-0.25, -0.2) is 26.7 Å². The Morgan fingerprint density at radius 3 is 2.22 bits per heavy atom. The fraction of sp³-hybridized carbons (Fsp3) is 0.250. The van der Waals surface area contributed by atoms with E-state index in [-0.39, 0.29) is 22.2 Å². The molecule has 1 rings (SSSR count). The lowest BCUT2D eigenvalue weighted by Crippen LogP contribution is -2.24. The number of nitrogen functional groups attached to an aromatic ring is 1. The lowest BCUT2D eigenvalue weighted by atomic mass is 10.3. The zero-order valence-corrected chi connectivity index (χ0v) is 11.7. The van der Waals surface area contributed by atoms with Gasteiger partial charge in [0.05, 0.1) is 10.7 Å². The largest absolute Gasteiger partial charge is 0.398 e. The summed E-state index contributed by atoms with van der Waals surface area (Å²) in [5, 5.41) is 4.75. The first-order valence-corrected chi connectivity index (χ1v) is 8.12. The van der Waals surface area contributed by atoms with E-state index in [0.29, 0.717) is 0 Å². The maximum atomic E-state index is 11.8. The maximum absolute atomic E-state index is 11.8. The molecule has 0 aliphatic carbocycles. The van der Waals surface area contributed by atoms with E-state index in [0.717, 1.165) is 12.1 Å². The molecular weight excluding hydrogens is 302 g/mol. The second-order valence-electron chi connectivity index (χ2n) is 3.37. The van der Waals surface area contributed by atoms with Gasteiger partial charge in [-0.3, -0.25) is 0 Å². The molecule has 0 atom stereocenters. The zero-order valence-electron chi connectivity index (χ0n) is 9.34. The van der Waals surface area contributed by atoms with E-state index in [4.69, 9.17) is 22.5 Å². The van der Waals surface area contributed by atoms with Gasteiger partial charge in [0.15, 0.2) is 0 Å². The van der Waals surface area contributed by atoms with Crippen LogP contribution >= 0.6 is 11.6 Å². The first-order chi connectivity index (χ1) is 8.09. The molecule has 0 heterocycles. The van der Waals surface area contributed by atoms with Gasteiger partial charge < -0.3 is 5.73 Å². The van der Waals surface area contributed by atoms with Gasteiger partial charge in [-0.05, 0) is 12.1 Å². The number of sulfonamides is 2. The Hall–Kier alpha value is -0.870. The summed E-state index contributed by atoms with van der Waals surface area (Å²) in [6, 6.07) is 1.87. The van der Waals surface area contributed by atoms with Crippen LogP contribution in [-0.4, -0.2) is 23.4 Å². The van der Waals surface area contributed by atoms with Crippen molar-refractivity contribution in [2.45, 2.75) is 16.7 Å². The Morgan fingerprint density at radius 2 is 1.78 bits per heavy atom. The van der Waals surface area contributed by atoms with E-state index in [9.17, 15) is 16.8 Å². The van der Waals surface area contributed by atoms with Crippen LogP contribution in [0.15, 0.2) is 21.9 Å². The number of nitrogens with one attached hydrogen (secondary N) is 1. The molecule has 18 heavy (non-hydrogen) atoms. The van der Waals surface area contributed by atoms with Gasteiger partial charge in [-0.15, -0.1) is 0 Å². The van der Waals surface area contributed by atoms with Crippen LogP contribution in [0.3, 0.4) is 0 Å². The van der Waals surface area contributed by atoms with Gasteiger partial charge in [0.2, 0.25) is 20.0 Å². The van der Waals surface area contributed by atoms with Gasteiger partial charge in [-0.2, -0.15) is 0 Å². The van der Waals surface area contributed by atoms with Crippen LogP contribution in [0.2, 0.25) is 5.02 Å². The van der Waals surface area contributed by atoms with E-state index in [1.54, 1.807) is 6.92 Å². The summed E-state index contributed by atoms with van der Waals surface area (Å²) >= 11 is 5.74. The van der Waals surface area contributed by atoms with Gasteiger partial charge in [0.25, 0.3) is 0 Å². The van der Waals surface area contributed by atoms with Crippen molar-refractivity contribution in [3.05, 3.63) is 17.2 Å². The van der Waals surface area contributed by atoms with Crippen LogP contribution < -0.4 is 15.6 Å². The smallest absolute Gasteiger partial charge is 0.242 e. The number of anilines is 1. The molecule has 1 aromatic rings. The number of hydrogen-bond acceptors (Lipinski definition) is 5. The number of rotatable bonds is 4. The molecule has 0 aliphatic rings. The molecular formula is C8H12ClN3O4S2. The minimum Gasteiger partial charge on any atom is -0.398 e. The number of primary sulfonamides is 1. The fourth-order valence-corrected chi connectivity index (χ4v) is 3.62. The molecule has 5 N–H and O–H groups in total. The van der Waals surface area contributed by atoms with Crippen LogP contribution in [-0.2, 0) is 20.0 Å². The molecule has 0 radical (unpaired) electrons. The third-order valence-electron chi connectivity index (χ3n) is 1.99. The molecule has 0 saturated carbocycles. The maximum Gasteiger partial charge on any atom is 0.242 e. The van der Waals surface area contributed by atoms with E-state index in [1.807, 2.05) is 0 Å². The Balaban J connectivity index is 3.59. The summed E-state index contributed by atoms with van der Waals surface area (Å²) in [6.45, 7) is 1.71. The number of hydrogen-bond donors (Lipinski definition) is 3. The summed E-state index contributed by atoms with van der Waals surface area (Å²) in [7, 11) is -8.02. The lowest BCUT2D eigenvalue weighted by molar-refractivity contribution is 0.583. The van der Waals surface area contributed by atoms with Crippen LogP contribution in [0, 0.1) is 0 Å². The monoisotopic (exact) mass is 313 g/mol. The van der Waals surface area contributed by atoms with E-state index < -0.39 is 24.9 Å². The Bertz CT molecular complexity index is 670. The summed E-state index contributed by atoms with van der Waals surface area (Å²) in [4.78, 5) is -0.868. The van der Waals surface area contributed by atoms with E-state index in [2.05, 4.69) is 4.72 Å². The quantitative estimate of drug-likeness (QED) is 0.666. The zero-order chi connectivity index (χ0) is 14.1. The van der Waals surface area contributed by atoms with Crippen molar-refractivity contribution < 1.29 is 16.8 Å². The molecule has 1 aromatic carbocycles. The predicted octanol–water partition coefficient (Wildman–Crippen LogP) is -0.132. The minimum absolute atomic E-state index is 0.133. The molecule has 0 unspecified atom stereocenters. The van der Waals surface area contributed by atoms with Crippen LogP contribution in [0.25, 0.3) is 0 Å². The van der Waals surface area contributed by atoms with Crippen molar-refractivity contribution in [1.29, 1.82) is 0 Å². The average molecular weight is 314 g/mol. The van der Waals surface area contributed by atoms with E-state index >= 15 is 0 Å². The van der Waals surface area contributed by atoms with Gasteiger partial charge in [0.1, 0.15) is 9.79 Å². The second-order valence-corrected chi connectivity index (χ2v) is 7.04. The lowest BCUT2D eigenvalue weighted by Gasteiger charge is -2.10. The molecule has 0 aromatic heterocycles. The second kappa shape index (κ2) is 5.02. The summed E-state index contributed by atoms with van der Waals surface area (Å²) in [5.74, 6) is 0. The number of benzene rings is 1. The van der Waals surface area contributed by atoms with Crippen LogP contribution in [0.1, 0.15) is 6.92 Å². The summed E-state index contributed by atoms with van der Waals surface area (Å²) < 4.78 is 48.2. The first kappa shape index (κ1) is 15.2. The van der Waals surface area contributed by atoms with Crippen LogP contribution in [0.4, 0.5) is 5.69 Å². The first-order valence-electron chi connectivity index (χ1n) is 4.71. The molecule has 0 bridgehead atoms. The Kier molecular flexibility index (Phi) is 4.23. The van der Waals surface area contributed by atoms with Gasteiger partial charge in [-0.1, -0.05) is 18.5 Å². The van der Waals surface area contributed by atoms with Crippen LogP contribution in [0.5, 0.6) is 0 Å². The van der Waals surface area contributed by atoms with Crippen molar-refractivity contribution in [3.63, 3.8) is 0 Å². The van der Waals surface area contributed by atoms with Crippen molar-refractivity contribution in [2.24, 2.45) is 5.14 Å². The van der Waals surface area contributed by atoms with Crippen molar-refractivity contribution in [1.82, 2.24) is 4.72 Å². The van der Waals surface area contributed by atoms with Crippen molar-refractivity contribution in [2.75, 3.05) is 12.3 Å². The Labute approximate surface area is 110 Å². The summed E-state index contributed by atoms with van der Waals surface area (Å²) in [6.07, 6.45) is 0. The Morgan fingerprint density at radius 1 is 1.22 bits per heavy atom. The molecule has 0 saturated heterocycles. The molecule has 102 valence electrons. The van der Waals surface area contributed by atoms with Crippen molar-refractivity contribution >= 4 is 37.3 Å². The SMILES string of the molecule is CCNS(=O)(=O)c1cc(S(N)(=O)=O)c(N)cc1Cl. The molecule has 0 aliphatic heterocycles. The van der Waals surface area contributed by atoms with Gasteiger partial charge in [0, 0.05) is 6.54 Å². The highest BCUT2D eigenvalue weighted by molar-refractivity contribution is 7.90. The van der Waals surface area contributed by atoms with Crippen molar-refractivity contribution in [3.8, 4) is 0 Å². The topological polar surface area (TPSA) is 132 Å². The third kappa shape index (κ3) is 3.12. The normalized spacial score (nSPS) is 12.6. The standard InChI is InChI=1S/C8H12ClN3O4S2/c1-2-12-18(15,16)7-4-8(17(11,13)14)6(10)3-5(7)9/h3-4,12H,2,10H2,1H3,(H2,11,13,14). The molecule has 0 spiro atoms. The highest BCUT2D eigenvalue weighted by atomic mass is 35.5. The summed E-state index contributed by atoms with van der Waals surface area (Å²) in [5.41, 5.74) is 5.22. The molecule has 10 heteroatoms. The van der Waals surface area contributed by atoms with E-state index in [1.165, 1.54) is 0 Å². The minimum atomic E-state index is -4.12. The number of halogens is 1. The van der Waals surface area contributed by atoms with Gasteiger partial charge >= 0.3 is 0 Å². The molecule has 0 fully saturated rings. The fourth-order valence-electron chi connectivity index (χ4n) is 1.27. The highest BCUT2D eigenvalue weighted by Gasteiger charge is 2.22.